The molecule has 0 amide bonds. The molecule has 1 rings (SSSR count). The second kappa shape index (κ2) is 6.43. The fourth-order valence-electron chi connectivity index (χ4n) is 1.67. The standard InChI is InChI=1S/C11H17N3/c1-2-3-6-13-8-10-14(11-9-13)7-4-5-12/h1H,3-4,6-11H2. The normalized spacial score (nSPS) is 18.7. The van der Waals surface area contributed by atoms with Gasteiger partial charge in [-0.1, -0.05) is 0 Å². The summed E-state index contributed by atoms with van der Waals surface area (Å²) in [6, 6.07) is 2.18. The number of rotatable bonds is 4. The summed E-state index contributed by atoms with van der Waals surface area (Å²) >= 11 is 0. The zero-order valence-electron chi connectivity index (χ0n) is 8.58. The summed E-state index contributed by atoms with van der Waals surface area (Å²) in [6.07, 6.45) is 6.70. The molecule has 76 valence electrons. The maximum absolute atomic E-state index is 8.46. The van der Waals surface area contributed by atoms with Gasteiger partial charge >= 0.3 is 0 Å². The first-order valence-corrected chi connectivity index (χ1v) is 5.12. The van der Waals surface area contributed by atoms with Crippen LogP contribution in [0.3, 0.4) is 0 Å². The van der Waals surface area contributed by atoms with Crippen LogP contribution in [0.4, 0.5) is 0 Å². The molecule has 0 unspecified atom stereocenters. The molecule has 0 saturated carbocycles. The number of hydrogen-bond donors (Lipinski definition) is 0. The van der Waals surface area contributed by atoms with Crippen LogP contribution in [0.15, 0.2) is 0 Å². The molecule has 3 nitrogen and oxygen atoms in total. The van der Waals surface area contributed by atoms with Crippen LogP contribution in [-0.4, -0.2) is 49.1 Å². The Balaban J connectivity index is 2.12. The largest absolute Gasteiger partial charge is 0.300 e. The fourth-order valence-corrected chi connectivity index (χ4v) is 1.67. The first kappa shape index (κ1) is 11.0. The number of hydrogen-bond acceptors (Lipinski definition) is 3. The Bertz CT molecular complexity index is 202. The predicted molar refractivity (Wildman–Crippen MR) is 56.6 cm³/mol. The highest BCUT2D eigenvalue weighted by molar-refractivity contribution is 4.86. The summed E-state index contributed by atoms with van der Waals surface area (Å²) in [6.45, 7) is 6.26. The van der Waals surface area contributed by atoms with E-state index in [0.29, 0.717) is 6.42 Å². The average Bonchev–Trinajstić information content (AvgIpc) is 2.25. The molecular weight excluding hydrogens is 174 g/mol. The molecular formula is C11H17N3. The van der Waals surface area contributed by atoms with Gasteiger partial charge in [0.15, 0.2) is 0 Å². The number of piperazine rings is 1. The van der Waals surface area contributed by atoms with Crippen molar-refractivity contribution in [1.29, 1.82) is 5.26 Å². The monoisotopic (exact) mass is 191 g/mol. The van der Waals surface area contributed by atoms with E-state index in [0.717, 1.165) is 45.7 Å². The first-order chi connectivity index (χ1) is 6.86. The lowest BCUT2D eigenvalue weighted by atomic mass is 10.3. The molecule has 1 saturated heterocycles. The molecule has 0 aromatic heterocycles. The molecule has 0 radical (unpaired) electrons. The highest BCUT2D eigenvalue weighted by Crippen LogP contribution is 2.02. The zero-order chi connectivity index (χ0) is 10.2. The van der Waals surface area contributed by atoms with E-state index in [2.05, 4.69) is 21.8 Å². The topological polar surface area (TPSA) is 30.3 Å². The Labute approximate surface area is 86.3 Å². The van der Waals surface area contributed by atoms with Crippen molar-refractivity contribution < 1.29 is 0 Å². The minimum Gasteiger partial charge on any atom is -0.300 e. The van der Waals surface area contributed by atoms with Gasteiger partial charge in [-0.15, -0.1) is 12.3 Å². The molecule has 1 aliphatic rings. The Hall–Kier alpha value is -1.03. The summed E-state index contributed by atoms with van der Waals surface area (Å²) in [7, 11) is 0. The Morgan fingerprint density at radius 3 is 1.93 bits per heavy atom. The van der Waals surface area contributed by atoms with E-state index in [1.807, 2.05) is 0 Å². The lowest BCUT2D eigenvalue weighted by molar-refractivity contribution is 0.136. The molecule has 1 heterocycles. The lowest BCUT2D eigenvalue weighted by Gasteiger charge is -2.33. The minimum atomic E-state index is 0.643. The third-order valence-electron chi connectivity index (χ3n) is 2.58. The fraction of sp³-hybridized carbons (Fsp3) is 0.727. The van der Waals surface area contributed by atoms with Crippen molar-refractivity contribution in [1.82, 2.24) is 9.80 Å². The molecule has 14 heavy (non-hydrogen) atoms. The van der Waals surface area contributed by atoms with Crippen molar-refractivity contribution in [3.63, 3.8) is 0 Å². The van der Waals surface area contributed by atoms with Crippen LogP contribution >= 0.6 is 0 Å². The molecule has 3 heteroatoms. The van der Waals surface area contributed by atoms with Gasteiger partial charge in [0.1, 0.15) is 0 Å². The van der Waals surface area contributed by atoms with E-state index in [9.17, 15) is 0 Å². The van der Waals surface area contributed by atoms with Crippen LogP contribution in [-0.2, 0) is 0 Å². The number of nitriles is 1. The van der Waals surface area contributed by atoms with Crippen LogP contribution in [0.5, 0.6) is 0 Å². The van der Waals surface area contributed by atoms with Crippen molar-refractivity contribution in [2.45, 2.75) is 12.8 Å². The van der Waals surface area contributed by atoms with Gasteiger partial charge in [-0.25, -0.2) is 0 Å². The predicted octanol–water partition coefficient (Wildman–Crippen LogP) is 0.541. The molecule has 0 N–H and O–H groups in total. The summed E-state index contributed by atoms with van der Waals surface area (Å²) in [5.74, 6) is 2.66. The van der Waals surface area contributed by atoms with Crippen molar-refractivity contribution in [3.8, 4) is 18.4 Å². The molecule has 1 fully saturated rings. The second-order valence-electron chi connectivity index (χ2n) is 3.55. The van der Waals surface area contributed by atoms with Gasteiger partial charge < -0.3 is 0 Å². The summed E-state index contributed by atoms with van der Waals surface area (Å²) in [5, 5.41) is 8.46. The van der Waals surface area contributed by atoms with Crippen LogP contribution < -0.4 is 0 Å². The van der Waals surface area contributed by atoms with Gasteiger partial charge in [-0.05, 0) is 0 Å². The van der Waals surface area contributed by atoms with E-state index in [-0.39, 0.29) is 0 Å². The van der Waals surface area contributed by atoms with Gasteiger partial charge in [0.05, 0.1) is 6.07 Å². The highest BCUT2D eigenvalue weighted by Gasteiger charge is 2.15. The minimum absolute atomic E-state index is 0.643. The smallest absolute Gasteiger partial charge is 0.0635 e. The first-order valence-electron chi connectivity index (χ1n) is 5.12. The summed E-state index contributed by atoms with van der Waals surface area (Å²) < 4.78 is 0. The van der Waals surface area contributed by atoms with Crippen LogP contribution in [0.25, 0.3) is 0 Å². The maximum Gasteiger partial charge on any atom is 0.0635 e. The molecule has 1 aliphatic heterocycles. The van der Waals surface area contributed by atoms with Crippen molar-refractivity contribution >= 4 is 0 Å². The van der Waals surface area contributed by atoms with Crippen LogP contribution in [0.1, 0.15) is 12.8 Å². The molecule has 0 aromatic rings. The van der Waals surface area contributed by atoms with E-state index in [1.165, 1.54) is 0 Å². The Kier molecular flexibility index (Phi) is 5.07. The van der Waals surface area contributed by atoms with Crippen molar-refractivity contribution in [2.24, 2.45) is 0 Å². The van der Waals surface area contributed by atoms with Gasteiger partial charge in [-0.2, -0.15) is 5.26 Å². The van der Waals surface area contributed by atoms with E-state index < -0.39 is 0 Å². The average molecular weight is 191 g/mol. The lowest BCUT2D eigenvalue weighted by Crippen LogP contribution is -2.46. The molecule has 0 aliphatic carbocycles. The molecule has 0 spiro atoms. The summed E-state index contributed by atoms with van der Waals surface area (Å²) in [4.78, 5) is 4.73. The number of nitrogens with zero attached hydrogens (tertiary/aromatic N) is 3. The van der Waals surface area contributed by atoms with Crippen LogP contribution in [0.2, 0.25) is 0 Å². The molecule has 0 aromatic carbocycles. The molecule has 0 bridgehead atoms. The van der Waals surface area contributed by atoms with Gasteiger partial charge in [0.2, 0.25) is 0 Å². The third-order valence-corrected chi connectivity index (χ3v) is 2.58. The van der Waals surface area contributed by atoms with Gasteiger partial charge in [0.25, 0.3) is 0 Å². The Morgan fingerprint density at radius 1 is 1.00 bits per heavy atom. The zero-order valence-corrected chi connectivity index (χ0v) is 8.58. The third kappa shape index (κ3) is 3.79. The van der Waals surface area contributed by atoms with Crippen LogP contribution in [0, 0.1) is 23.7 Å². The van der Waals surface area contributed by atoms with Gasteiger partial charge in [-0.3, -0.25) is 9.80 Å². The van der Waals surface area contributed by atoms with E-state index in [1.54, 1.807) is 0 Å². The molecule has 0 atom stereocenters. The van der Waals surface area contributed by atoms with Crippen molar-refractivity contribution in [3.05, 3.63) is 0 Å². The highest BCUT2D eigenvalue weighted by atomic mass is 15.3. The Morgan fingerprint density at radius 2 is 1.50 bits per heavy atom. The second-order valence-corrected chi connectivity index (χ2v) is 3.55. The SMILES string of the molecule is C#CCCN1CCN(CCC#N)CC1. The van der Waals surface area contributed by atoms with Crippen molar-refractivity contribution in [2.75, 3.05) is 39.3 Å². The quantitative estimate of drug-likeness (QED) is 0.608. The van der Waals surface area contributed by atoms with Gasteiger partial charge in [0, 0.05) is 52.1 Å². The maximum atomic E-state index is 8.46. The number of terminal acetylenes is 1. The summed E-state index contributed by atoms with van der Waals surface area (Å²) in [5.41, 5.74) is 0. The van der Waals surface area contributed by atoms with E-state index >= 15 is 0 Å². The van der Waals surface area contributed by atoms with E-state index in [4.69, 9.17) is 11.7 Å².